The van der Waals surface area contributed by atoms with E-state index in [4.69, 9.17) is 17.3 Å². The van der Waals surface area contributed by atoms with Crippen molar-refractivity contribution in [3.8, 4) is 5.75 Å². The molecule has 1 aliphatic rings. The maximum absolute atomic E-state index is 11.8. The first-order valence-corrected chi connectivity index (χ1v) is 5.94. The molecule has 0 aliphatic heterocycles. The van der Waals surface area contributed by atoms with Gasteiger partial charge >= 0.3 is 0 Å². The van der Waals surface area contributed by atoms with Crippen LogP contribution in [-0.2, 0) is 0 Å². The first-order chi connectivity index (χ1) is 8.00. The minimum atomic E-state index is -0.323. The summed E-state index contributed by atoms with van der Waals surface area (Å²) in [5, 5.41) is 12.7. The lowest BCUT2D eigenvalue weighted by molar-refractivity contribution is 0.0927. The van der Waals surface area contributed by atoms with Crippen LogP contribution >= 0.6 is 11.6 Å². The Balaban J connectivity index is 1.99. The molecule has 0 saturated heterocycles. The SMILES string of the molecule is NC1(CNC(=O)c2ccc(Cl)cc2O)CCC1. The van der Waals surface area contributed by atoms with E-state index in [0.717, 1.165) is 19.3 Å². The third-order valence-electron chi connectivity index (χ3n) is 3.15. The predicted octanol–water partition coefficient (Wildman–Crippen LogP) is 1.66. The molecule has 1 amide bonds. The molecule has 1 saturated carbocycles. The van der Waals surface area contributed by atoms with Crippen molar-refractivity contribution in [3.63, 3.8) is 0 Å². The van der Waals surface area contributed by atoms with Gasteiger partial charge in [-0.2, -0.15) is 0 Å². The molecular formula is C12H15ClN2O2. The van der Waals surface area contributed by atoms with Gasteiger partial charge in [0.2, 0.25) is 0 Å². The number of nitrogens with two attached hydrogens (primary N) is 1. The summed E-state index contributed by atoms with van der Waals surface area (Å²) in [6, 6.07) is 4.41. The molecule has 1 fully saturated rings. The van der Waals surface area contributed by atoms with Crippen LogP contribution in [0.15, 0.2) is 18.2 Å². The van der Waals surface area contributed by atoms with Crippen LogP contribution in [0.4, 0.5) is 0 Å². The molecule has 0 bridgehead atoms. The lowest BCUT2D eigenvalue weighted by Gasteiger charge is -2.38. The Morgan fingerprint density at radius 1 is 1.53 bits per heavy atom. The molecule has 0 radical (unpaired) electrons. The van der Waals surface area contributed by atoms with E-state index in [2.05, 4.69) is 5.32 Å². The molecule has 0 atom stereocenters. The lowest BCUT2D eigenvalue weighted by Crippen LogP contribution is -2.54. The second-order valence-electron chi connectivity index (χ2n) is 4.56. The standard InChI is InChI=1S/C12H15ClN2O2/c13-8-2-3-9(10(16)6-8)11(17)15-7-12(14)4-1-5-12/h2-3,6,16H,1,4-5,7,14H2,(H,15,17). The highest BCUT2D eigenvalue weighted by atomic mass is 35.5. The smallest absolute Gasteiger partial charge is 0.255 e. The lowest BCUT2D eigenvalue weighted by atomic mass is 9.78. The van der Waals surface area contributed by atoms with Crippen LogP contribution in [0.1, 0.15) is 29.6 Å². The van der Waals surface area contributed by atoms with Gasteiger partial charge in [0.05, 0.1) is 5.56 Å². The van der Waals surface area contributed by atoms with Crippen molar-refractivity contribution in [2.75, 3.05) is 6.54 Å². The summed E-state index contributed by atoms with van der Waals surface area (Å²) < 4.78 is 0. The van der Waals surface area contributed by atoms with Crippen LogP contribution in [0, 0.1) is 0 Å². The molecule has 0 spiro atoms. The number of rotatable bonds is 3. The fourth-order valence-corrected chi connectivity index (χ4v) is 2.02. The molecular weight excluding hydrogens is 240 g/mol. The molecule has 2 rings (SSSR count). The molecule has 92 valence electrons. The largest absolute Gasteiger partial charge is 0.507 e. The van der Waals surface area contributed by atoms with Gasteiger partial charge < -0.3 is 16.2 Å². The molecule has 0 heterocycles. The van der Waals surface area contributed by atoms with E-state index in [1.54, 1.807) is 6.07 Å². The van der Waals surface area contributed by atoms with E-state index in [0.29, 0.717) is 11.6 Å². The molecule has 1 aliphatic carbocycles. The number of phenols is 1. The highest BCUT2D eigenvalue weighted by molar-refractivity contribution is 6.30. The number of carbonyl (C=O) groups excluding carboxylic acids is 1. The molecule has 0 aromatic heterocycles. The number of nitrogens with one attached hydrogen (secondary N) is 1. The molecule has 5 heteroatoms. The van der Waals surface area contributed by atoms with Gasteiger partial charge in [0.25, 0.3) is 5.91 Å². The molecule has 0 unspecified atom stereocenters. The molecule has 4 N–H and O–H groups in total. The Bertz CT molecular complexity index is 444. The minimum Gasteiger partial charge on any atom is -0.507 e. The summed E-state index contributed by atoms with van der Waals surface area (Å²) in [6.45, 7) is 0.438. The van der Waals surface area contributed by atoms with Crippen LogP contribution in [0.25, 0.3) is 0 Å². The summed E-state index contributed by atoms with van der Waals surface area (Å²) in [6.07, 6.45) is 2.97. The minimum absolute atomic E-state index is 0.116. The number of amides is 1. The fraction of sp³-hybridized carbons (Fsp3) is 0.417. The Hall–Kier alpha value is -1.26. The third kappa shape index (κ3) is 2.70. The Morgan fingerprint density at radius 2 is 2.24 bits per heavy atom. The van der Waals surface area contributed by atoms with E-state index < -0.39 is 0 Å². The van der Waals surface area contributed by atoms with E-state index in [-0.39, 0.29) is 22.8 Å². The zero-order chi connectivity index (χ0) is 12.5. The summed E-state index contributed by atoms with van der Waals surface area (Å²) in [4.78, 5) is 11.8. The highest BCUT2D eigenvalue weighted by Gasteiger charge is 2.32. The zero-order valence-corrected chi connectivity index (χ0v) is 10.1. The summed E-state index contributed by atoms with van der Waals surface area (Å²) in [5.41, 5.74) is 5.95. The average Bonchev–Trinajstić information content (AvgIpc) is 2.23. The monoisotopic (exact) mass is 254 g/mol. The Morgan fingerprint density at radius 3 is 2.76 bits per heavy atom. The summed E-state index contributed by atoms with van der Waals surface area (Å²) >= 11 is 5.69. The van der Waals surface area contributed by atoms with E-state index >= 15 is 0 Å². The molecule has 4 nitrogen and oxygen atoms in total. The van der Waals surface area contributed by atoms with Crippen LogP contribution in [0.5, 0.6) is 5.75 Å². The topological polar surface area (TPSA) is 75.3 Å². The molecule has 1 aromatic carbocycles. The average molecular weight is 255 g/mol. The van der Waals surface area contributed by atoms with Crippen LogP contribution in [0.2, 0.25) is 5.02 Å². The third-order valence-corrected chi connectivity index (χ3v) is 3.39. The van der Waals surface area contributed by atoms with Crippen molar-refractivity contribution in [2.45, 2.75) is 24.8 Å². The number of carbonyl (C=O) groups is 1. The second-order valence-corrected chi connectivity index (χ2v) is 5.00. The number of aromatic hydroxyl groups is 1. The predicted molar refractivity (Wildman–Crippen MR) is 66.2 cm³/mol. The number of benzene rings is 1. The van der Waals surface area contributed by atoms with Crippen LogP contribution in [-0.4, -0.2) is 23.1 Å². The van der Waals surface area contributed by atoms with E-state index in [9.17, 15) is 9.90 Å². The first-order valence-electron chi connectivity index (χ1n) is 5.56. The van der Waals surface area contributed by atoms with Crippen molar-refractivity contribution in [3.05, 3.63) is 28.8 Å². The first kappa shape index (κ1) is 12.2. The van der Waals surface area contributed by atoms with Crippen molar-refractivity contribution in [1.29, 1.82) is 0 Å². The number of hydrogen-bond donors (Lipinski definition) is 3. The van der Waals surface area contributed by atoms with E-state index in [1.165, 1.54) is 12.1 Å². The van der Waals surface area contributed by atoms with Crippen LogP contribution in [0.3, 0.4) is 0 Å². The molecule has 17 heavy (non-hydrogen) atoms. The van der Waals surface area contributed by atoms with Gasteiger partial charge in [0.15, 0.2) is 0 Å². The zero-order valence-electron chi connectivity index (χ0n) is 9.37. The van der Waals surface area contributed by atoms with Crippen molar-refractivity contribution in [2.24, 2.45) is 5.73 Å². The van der Waals surface area contributed by atoms with Gasteiger partial charge in [-0.3, -0.25) is 4.79 Å². The quantitative estimate of drug-likeness (QED) is 0.768. The normalized spacial score (nSPS) is 17.3. The second kappa shape index (κ2) is 4.55. The number of halogens is 1. The van der Waals surface area contributed by atoms with Crippen molar-refractivity contribution >= 4 is 17.5 Å². The van der Waals surface area contributed by atoms with Gasteiger partial charge in [-0.15, -0.1) is 0 Å². The van der Waals surface area contributed by atoms with Crippen molar-refractivity contribution in [1.82, 2.24) is 5.32 Å². The van der Waals surface area contributed by atoms with Gasteiger partial charge in [0, 0.05) is 17.1 Å². The number of phenolic OH excluding ortho intramolecular Hbond substituents is 1. The maximum Gasteiger partial charge on any atom is 0.255 e. The van der Waals surface area contributed by atoms with Crippen molar-refractivity contribution < 1.29 is 9.90 Å². The summed E-state index contributed by atoms with van der Waals surface area (Å²) in [7, 11) is 0. The number of hydrogen-bond acceptors (Lipinski definition) is 3. The van der Waals surface area contributed by atoms with E-state index in [1.807, 2.05) is 0 Å². The maximum atomic E-state index is 11.8. The van der Waals surface area contributed by atoms with Gasteiger partial charge in [-0.25, -0.2) is 0 Å². The van der Waals surface area contributed by atoms with Gasteiger partial charge in [-0.1, -0.05) is 11.6 Å². The fourth-order valence-electron chi connectivity index (χ4n) is 1.86. The van der Waals surface area contributed by atoms with Crippen LogP contribution < -0.4 is 11.1 Å². The Kier molecular flexibility index (Phi) is 3.26. The molecule has 1 aromatic rings. The van der Waals surface area contributed by atoms with Gasteiger partial charge in [-0.05, 0) is 37.5 Å². The highest BCUT2D eigenvalue weighted by Crippen LogP contribution is 2.28. The summed E-state index contributed by atoms with van der Waals surface area (Å²) in [5.74, 6) is -0.439. The Labute approximate surface area is 105 Å². The van der Waals surface area contributed by atoms with Gasteiger partial charge in [0.1, 0.15) is 5.75 Å².